The van der Waals surface area contributed by atoms with Crippen LogP contribution in [0.15, 0.2) is 24.5 Å². The molecule has 0 radical (unpaired) electrons. The van der Waals surface area contributed by atoms with E-state index < -0.39 is 0 Å². The molecule has 6 heteroatoms. The first-order chi connectivity index (χ1) is 8.83. The maximum absolute atomic E-state index is 5.44. The number of hydrogen-bond acceptors (Lipinski definition) is 5. The Kier molecular flexibility index (Phi) is 4.25. The van der Waals surface area contributed by atoms with Gasteiger partial charge in [-0.1, -0.05) is 0 Å². The smallest absolute Gasteiger partial charge is 0.223 e. The summed E-state index contributed by atoms with van der Waals surface area (Å²) in [5.41, 5.74) is 7.13. The van der Waals surface area contributed by atoms with Crippen molar-refractivity contribution in [3.05, 3.63) is 24.5 Å². The fourth-order valence-corrected chi connectivity index (χ4v) is 1.56. The monoisotopic (exact) mass is 246 g/mol. The Morgan fingerprint density at radius 1 is 1.33 bits per heavy atom. The third-order valence-corrected chi connectivity index (χ3v) is 2.55. The Labute approximate surface area is 106 Å². The van der Waals surface area contributed by atoms with Crippen molar-refractivity contribution in [1.82, 2.24) is 19.7 Å². The molecular formula is C12H18N6. The van der Waals surface area contributed by atoms with Crippen LogP contribution < -0.4 is 11.1 Å². The number of aromatic nitrogens is 4. The van der Waals surface area contributed by atoms with E-state index in [1.807, 2.05) is 23.0 Å². The lowest BCUT2D eigenvalue weighted by atomic mass is 10.3. The molecule has 0 spiro atoms. The van der Waals surface area contributed by atoms with Crippen LogP contribution in [0.4, 0.5) is 5.95 Å². The van der Waals surface area contributed by atoms with E-state index in [-0.39, 0.29) is 0 Å². The highest BCUT2D eigenvalue weighted by Gasteiger charge is 2.04. The van der Waals surface area contributed by atoms with Crippen molar-refractivity contribution in [3.63, 3.8) is 0 Å². The Balaban J connectivity index is 2.11. The van der Waals surface area contributed by atoms with Gasteiger partial charge in [-0.05, 0) is 32.0 Å². The molecule has 2 heterocycles. The van der Waals surface area contributed by atoms with Crippen LogP contribution >= 0.6 is 0 Å². The number of nitrogens with zero attached hydrogens (tertiary/aromatic N) is 4. The van der Waals surface area contributed by atoms with Crippen LogP contribution in [0.3, 0.4) is 0 Å². The molecule has 0 atom stereocenters. The Hall–Kier alpha value is -1.95. The van der Waals surface area contributed by atoms with E-state index in [9.17, 15) is 0 Å². The fourth-order valence-electron chi connectivity index (χ4n) is 1.56. The molecule has 0 saturated heterocycles. The lowest BCUT2D eigenvalue weighted by Gasteiger charge is -2.04. The van der Waals surface area contributed by atoms with Gasteiger partial charge in [0.2, 0.25) is 5.95 Å². The van der Waals surface area contributed by atoms with Gasteiger partial charge in [-0.25, -0.2) is 9.97 Å². The summed E-state index contributed by atoms with van der Waals surface area (Å²) in [6, 6.07) is 3.81. The van der Waals surface area contributed by atoms with Gasteiger partial charge in [0.15, 0.2) is 0 Å². The number of aryl methyl sites for hydroxylation is 1. The van der Waals surface area contributed by atoms with Crippen molar-refractivity contribution in [2.75, 3.05) is 18.4 Å². The normalized spacial score (nSPS) is 10.6. The van der Waals surface area contributed by atoms with Crippen LogP contribution in [0.5, 0.6) is 0 Å². The Morgan fingerprint density at radius 3 is 2.94 bits per heavy atom. The number of anilines is 1. The van der Waals surface area contributed by atoms with Gasteiger partial charge in [-0.2, -0.15) is 5.10 Å². The minimum absolute atomic E-state index is 0.618. The molecule has 0 aromatic carbocycles. The second-order valence-corrected chi connectivity index (χ2v) is 3.89. The fraction of sp³-hybridized carbons (Fsp3) is 0.417. The molecule has 18 heavy (non-hydrogen) atoms. The van der Waals surface area contributed by atoms with E-state index in [1.165, 1.54) is 0 Å². The van der Waals surface area contributed by atoms with Crippen LogP contribution in [-0.2, 0) is 6.54 Å². The number of rotatable bonds is 6. The van der Waals surface area contributed by atoms with Crippen LogP contribution in [0.1, 0.15) is 13.3 Å². The van der Waals surface area contributed by atoms with Crippen LogP contribution in [-0.4, -0.2) is 32.8 Å². The molecule has 0 unspecified atom stereocenters. The molecule has 0 saturated carbocycles. The molecule has 96 valence electrons. The van der Waals surface area contributed by atoms with Gasteiger partial charge in [-0.15, -0.1) is 0 Å². The summed E-state index contributed by atoms with van der Waals surface area (Å²) in [6.45, 7) is 4.35. The minimum Gasteiger partial charge on any atom is -0.354 e. The van der Waals surface area contributed by atoms with Gasteiger partial charge < -0.3 is 11.1 Å². The van der Waals surface area contributed by atoms with E-state index >= 15 is 0 Å². The summed E-state index contributed by atoms with van der Waals surface area (Å²) in [7, 11) is 0. The highest BCUT2D eigenvalue weighted by Crippen LogP contribution is 2.14. The van der Waals surface area contributed by atoms with E-state index in [0.717, 1.165) is 30.9 Å². The molecule has 0 aliphatic heterocycles. The Bertz CT molecular complexity index is 493. The number of hydrogen-bond donors (Lipinski definition) is 2. The summed E-state index contributed by atoms with van der Waals surface area (Å²) < 4.78 is 1.87. The molecule has 6 nitrogen and oxygen atoms in total. The second kappa shape index (κ2) is 6.11. The molecular weight excluding hydrogens is 228 g/mol. The van der Waals surface area contributed by atoms with Crippen molar-refractivity contribution in [2.45, 2.75) is 19.9 Å². The van der Waals surface area contributed by atoms with Gasteiger partial charge in [0, 0.05) is 25.5 Å². The largest absolute Gasteiger partial charge is 0.354 e. The summed E-state index contributed by atoms with van der Waals surface area (Å²) in [5.74, 6) is 0.618. The standard InChI is InChI=1S/C12H18N6/c1-2-18-9-5-11(17-18)10-4-8-15-12(16-10)14-7-3-6-13/h4-5,8-9H,2-3,6-7,13H2,1H3,(H,14,15,16). The van der Waals surface area contributed by atoms with Crippen LogP contribution in [0, 0.1) is 0 Å². The second-order valence-electron chi connectivity index (χ2n) is 3.89. The van der Waals surface area contributed by atoms with E-state index in [4.69, 9.17) is 5.73 Å². The minimum atomic E-state index is 0.618. The predicted molar refractivity (Wildman–Crippen MR) is 71.1 cm³/mol. The van der Waals surface area contributed by atoms with Crippen LogP contribution in [0.2, 0.25) is 0 Å². The van der Waals surface area contributed by atoms with Gasteiger partial charge in [0.25, 0.3) is 0 Å². The zero-order valence-electron chi connectivity index (χ0n) is 10.5. The molecule has 2 aromatic rings. The molecule has 0 fully saturated rings. The zero-order valence-corrected chi connectivity index (χ0v) is 10.5. The van der Waals surface area contributed by atoms with Crippen molar-refractivity contribution in [2.24, 2.45) is 5.73 Å². The van der Waals surface area contributed by atoms with Gasteiger partial charge in [0.1, 0.15) is 5.69 Å². The zero-order chi connectivity index (χ0) is 12.8. The van der Waals surface area contributed by atoms with Gasteiger partial charge >= 0.3 is 0 Å². The number of nitrogens with one attached hydrogen (secondary N) is 1. The van der Waals surface area contributed by atoms with Crippen molar-refractivity contribution in [1.29, 1.82) is 0 Å². The van der Waals surface area contributed by atoms with Gasteiger partial charge in [0.05, 0.1) is 5.69 Å². The Morgan fingerprint density at radius 2 is 2.22 bits per heavy atom. The quantitative estimate of drug-likeness (QED) is 0.746. The first kappa shape index (κ1) is 12.5. The third kappa shape index (κ3) is 3.04. The van der Waals surface area contributed by atoms with E-state index in [2.05, 4.69) is 27.3 Å². The molecule has 0 aliphatic carbocycles. The summed E-state index contributed by atoms with van der Waals surface area (Å²) >= 11 is 0. The molecule has 0 amide bonds. The third-order valence-electron chi connectivity index (χ3n) is 2.55. The molecule has 2 rings (SSSR count). The first-order valence-electron chi connectivity index (χ1n) is 6.14. The lowest BCUT2D eigenvalue weighted by molar-refractivity contribution is 0.661. The van der Waals surface area contributed by atoms with Crippen LogP contribution in [0.25, 0.3) is 11.4 Å². The molecule has 0 bridgehead atoms. The maximum Gasteiger partial charge on any atom is 0.223 e. The molecule has 2 aromatic heterocycles. The topological polar surface area (TPSA) is 81.7 Å². The first-order valence-corrected chi connectivity index (χ1v) is 6.14. The predicted octanol–water partition coefficient (Wildman–Crippen LogP) is 1.12. The van der Waals surface area contributed by atoms with Gasteiger partial charge in [-0.3, -0.25) is 4.68 Å². The average molecular weight is 246 g/mol. The van der Waals surface area contributed by atoms with Crippen molar-refractivity contribution >= 4 is 5.95 Å². The number of nitrogens with two attached hydrogens (primary N) is 1. The SMILES string of the molecule is CCn1ccc(-c2ccnc(NCCCN)n2)n1. The summed E-state index contributed by atoms with van der Waals surface area (Å²) in [6.07, 6.45) is 4.58. The van der Waals surface area contributed by atoms with Crippen molar-refractivity contribution < 1.29 is 0 Å². The highest BCUT2D eigenvalue weighted by atomic mass is 15.3. The molecule has 0 aliphatic rings. The summed E-state index contributed by atoms with van der Waals surface area (Å²) in [5, 5.41) is 7.55. The molecule has 3 N–H and O–H groups in total. The summed E-state index contributed by atoms with van der Waals surface area (Å²) in [4.78, 5) is 8.59. The average Bonchev–Trinajstić information content (AvgIpc) is 2.88. The highest BCUT2D eigenvalue weighted by molar-refractivity contribution is 5.54. The lowest BCUT2D eigenvalue weighted by Crippen LogP contribution is -2.10. The van der Waals surface area contributed by atoms with E-state index in [1.54, 1.807) is 6.20 Å². The van der Waals surface area contributed by atoms with E-state index in [0.29, 0.717) is 12.5 Å². The van der Waals surface area contributed by atoms with Crippen molar-refractivity contribution in [3.8, 4) is 11.4 Å². The maximum atomic E-state index is 5.44.